The lowest BCUT2D eigenvalue weighted by Crippen LogP contribution is -2.39. The molecule has 1 aliphatic carbocycles. The topological polar surface area (TPSA) is 110 Å². The lowest BCUT2D eigenvalue weighted by Gasteiger charge is -2.24. The summed E-state index contributed by atoms with van der Waals surface area (Å²) < 4.78 is 27.6. The molecule has 0 radical (unpaired) electrons. The maximum atomic E-state index is 12.6. The van der Waals surface area contributed by atoms with E-state index < -0.39 is 20.5 Å². The molecule has 2 N–H and O–H groups in total. The fourth-order valence-corrected chi connectivity index (χ4v) is 4.49. The van der Waals surface area contributed by atoms with Crippen LogP contribution in [0.2, 0.25) is 0 Å². The van der Waals surface area contributed by atoms with Gasteiger partial charge in [0.15, 0.2) is 0 Å². The van der Waals surface area contributed by atoms with Gasteiger partial charge in [-0.15, -0.1) is 0 Å². The second kappa shape index (κ2) is 6.21. The van der Waals surface area contributed by atoms with Crippen LogP contribution in [0.5, 0.6) is 0 Å². The smallest absolute Gasteiger partial charge is 0.270 e. The minimum atomic E-state index is -3.99. The van der Waals surface area contributed by atoms with E-state index in [0.29, 0.717) is 24.0 Å². The average Bonchev–Trinajstić information content (AvgIpc) is 2.91. The normalized spacial score (nSPS) is 19.6. The van der Waals surface area contributed by atoms with Crippen LogP contribution in [0.3, 0.4) is 0 Å². The highest BCUT2D eigenvalue weighted by atomic mass is 32.2. The van der Waals surface area contributed by atoms with E-state index in [4.69, 9.17) is 0 Å². The van der Waals surface area contributed by atoms with Crippen molar-refractivity contribution < 1.29 is 18.4 Å². The zero-order valence-electron chi connectivity index (χ0n) is 13.6. The third-order valence-electron chi connectivity index (χ3n) is 4.55. The molecule has 0 bridgehead atoms. The predicted octanol–water partition coefficient (Wildman–Crippen LogP) is 2.02. The Labute approximate surface area is 145 Å². The minimum Gasteiger partial charge on any atom is -0.384 e. The molecule has 2 aromatic carbocycles. The number of non-ortho nitro benzene ring substituents is 1. The van der Waals surface area contributed by atoms with Crippen LogP contribution in [0.25, 0.3) is 0 Å². The number of fused-ring (bicyclic) bond motifs is 1. The number of nitrogens with one attached hydrogen (secondary N) is 1. The van der Waals surface area contributed by atoms with Crippen molar-refractivity contribution in [2.24, 2.45) is 0 Å². The monoisotopic (exact) mass is 362 g/mol. The van der Waals surface area contributed by atoms with E-state index in [0.717, 1.165) is 11.6 Å². The molecule has 0 saturated heterocycles. The third-order valence-corrected chi connectivity index (χ3v) is 6.10. The van der Waals surface area contributed by atoms with Crippen LogP contribution in [0.4, 0.5) is 5.69 Å². The number of sulfonamides is 1. The van der Waals surface area contributed by atoms with Crippen LogP contribution in [0, 0.1) is 17.0 Å². The molecular weight excluding hydrogens is 344 g/mol. The molecule has 0 spiro atoms. The summed E-state index contributed by atoms with van der Waals surface area (Å²) in [5, 5.41) is 21.7. The van der Waals surface area contributed by atoms with E-state index in [1.165, 1.54) is 12.1 Å². The van der Waals surface area contributed by atoms with Crippen molar-refractivity contribution in [2.45, 2.75) is 30.3 Å². The van der Waals surface area contributed by atoms with Crippen molar-refractivity contribution in [3.8, 4) is 0 Å². The summed E-state index contributed by atoms with van der Waals surface area (Å²) in [4.78, 5) is 10.1. The van der Waals surface area contributed by atoms with Gasteiger partial charge in [0.05, 0.1) is 9.82 Å². The summed E-state index contributed by atoms with van der Waals surface area (Å²) in [6.45, 7) is 1.38. The molecular formula is C17H18N2O5S. The number of benzene rings is 2. The first kappa shape index (κ1) is 17.5. The number of nitro benzene ring substituents is 1. The Morgan fingerprint density at radius 3 is 2.72 bits per heavy atom. The molecule has 132 valence electrons. The molecule has 1 aliphatic rings. The van der Waals surface area contributed by atoms with E-state index in [9.17, 15) is 23.6 Å². The first-order chi connectivity index (χ1) is 11.7. The van der Waals surface area contributed by atoms with E-state index in [1.54, 1.807) is 19.1 Å². The molecule has 0 fully saturated rings. The number of hydrogen-bond donors (Lipinski definition) is 2. The van der Waals surface area contributed by atoms with Gasteiger partial charge in [-0.2, -0.15) is 0 Å². The molecule has 0 heterocycles. The summed E-state index contributed by atoms with van der Waals surface area (Å²) >= 11 is 0. The molecule has 1 unspecified atom stereocenters. The van der Waals surface area contributed by atoms with Gasteiger partial charge in [-0.1, -0.05) is 30.3 Å². The van der Waals surface area contributed by atoms with Gasteiger partial charge < -0.3 is 5.11 Å². The zero-order chi connectivity index (χ0) is 18.2. The molecule has 8 heteroatoms. The Bertz CT molecular complexity index is 942. The van der Waals surface area contributed by atoms with E-state index in [2.05, 4.69) is 4.72 Å². The van der Waals surface area contributed by atoms with Crippen LogP contribution in [0.15, 0.2) is 47.4 Å². The largest absolute Gasteiger partial charge is 0.384 e. The number of hydrogen-bond acceptors (Lipinski definition) is 5. The number of nitrogens with zero attached hydrogens (tertiary/aromatic N) is 1. The van der Waals surface area contributed by atoms with Gasteiger partial charge in [0.2, 0.25) is 10.0 Å². The molecule has 0 aliphatic heterocycles. The van der Waals surface area contributed by atoms with Gasteiger partial charge in [-0.05, 0) is 36.5 Å². The van der Waals surface area contributed by atoms with Crippen molar-refractivity contribution >= 4 is 15.7 Å². The molecule has 3 rings (SSSR count). The standard InChI is InChI=1S/C17H18N2O5S/c1-12-6-7-14(19(21)22)10-16(12)25(23,24)18-11-17(20)9-8-13-4-2-3-5-15(13)17/h2-7,10,18,20H,8-9,11H2,1H3. The summed E-state index contributed by atoms with van der Waals surface area (Å²) in [5.74, 6) is 0. The van der Waals surface area contributed by atoms with E-state index >= 15 is 0 Å². The Hall–Kier alpha value is -2.29. The SMILES string of the molecule is Cc1ccc([N+](=O)[O-])cc1S(=O)(=O)NCC1(O)CCc2ccccc21. The maximum Gasteiger partial charge on any atom is 0.270 e. The van der Waals surface area contributed by atoms with Crippen LogP contribution in [0.1, 0.15) is 23.1 Å². The maximum absolute atomic E-state index is 12.6. The van der Waals surface area contributed by atoms with E-state index in [1.807, 2.05) is 12.1 Å². The van der Waals surface area contributed by atoms with Crippen LogP contribution in [-0.2, 0) is 22.0 Å². The van der Waals surface area contributed by atoms with Crippen molar-refractivity contribution in [3.05, 3.63) is 69.3 Å². The fourth-order valence-electron chi connectivity index (χ4n) is 3.14. The predicted molar refractivity (Wildman–Crippen MR) is 91.7 cm³/mol. The molecule has 7 nitrogen and oxygen atoms in total. The van der Waals surface area contributed by atoms with Crippen molar-refractivity contribution in [2.75, 3.05) is 6.54 Å². The second-order valence-corrected chi connectivity index (χ2v) is 7.96. The van der Waals surface area contributed by atoms with Crippen LogP contribution < -0.4 is 4.72 Å². The van der Waals surface area contributed by atoms with Gasteiger partial charge in [0, 0.05) is 18.7 Å². The number of nitro groups is 1. The lowest BCUT2D eigenvalue weighted by atomic mass is 9.96. The van der Waals surface area contributed by atoms with Gasteiger partial charge in [0.25, 0.3) is 5.69 Å². The quantitative estimate of drug-likeness (QED) is 0.625. The molecule has 0 saturated carbocycles. The summed E-state index contributed by atoms with van der Waals surface area (Å²) in [6.07, 6.45) is 1.09. The molecule has 2 aromatic rings. The Balaban J connectivity index is 1.86. The molecule has 25 heavy (non-hydrogen) atoms. The van der Waals surface area contributed by atoms with Crippen molar-refractivity contribution in [1.82, 2.24) is 4.72 Å². The van der Waals surface area contributed by atoms with Gasteiger partial charge in [0.1, 0.15) is 5.60 Å². The van der Waals surface area contributed by atoms with Crippen molar-refractivity contribution in [1.29, 1.82) is 0 Å². The molecule has 1 atom stereocenters. The number of aryl methyl sites for hydroxylation is 2. The van der Waals surface area contributed by atoms with Gasteiger partial charge in [-0.3, -0.25) is 10.1 Å². The molecule has 0 amide bonds. The summed E-state index contributed by atoms with van der Waals surface area (Å²) in [6, 6.07) is 11.1. The average molecular weight is 362 g/mol. The summed E-state index contributed by atoms with van der Waals surface area (Å²) in [5.41, 5.74) is 0.537. The number of aliphatic hydroxyl groups is 1. The Morgan fingerprint density at radius 1 is 1.28 bits per heavy atom. The fraction of sp³-hybridized carbons (Fsp3) is 0.294. The Morgan fingerprint density at radius 2 is 2.00 bits per heavy atom. The first-order valence-electron chi connectivity index (χ1n) is 7.78. The third kappa shape index (κ3) is 3.28. The minimum absolute atomic E-state index is 0.156. The van der Waals surface area contributed by atoms with Crippen LogP contribution >= 0.6 is 0 Å². The highest BCUT2D eigenvalue weighted by Gasteiger charge is 2.37. The molecule has 0 aromatic heterocycles. The van der Waals surface area contributed by atoms with E-state index in [-0.39, 0.29) is 17.1 Å². The first-order valence-corrected chi connectivity index (χ1v) is 9.27. The highest BCUT2D eigenvalue weighted by Crippen LogP contribution is 2.36. The zero-order valence-corrected chi connectivity index (χ0v) is 14.4. The Kier molecular flexibility index (Phi) is 4.36. The van der Waals surface area contributed by atoms with Gasteiger partial charge in [-0.25, -0.2) is 13.1 Å². The second-order valence-electron chi connectivity index (χ2n) is 6.22. The summed E-state index contributed by atoms with van der Waals surface area (Å²) in [7, 11) is -3.99. The van der Waals surface area contributed by atoms with Crippen molar-refractivity contribution in [3.63, 3.8) is 0 Å². The number of rotatable bonds is 5. The van der Waals surface area contributed by atoms with Crippen LogP contribution in [-0.4, -0.2) is 25.0 Å². The lowest BCUT2D eigenvalue weighted by molar-refractivity contribution is -0.385. The van der Waals surface area contributed by atoms with Gasteiger partial charge >= 0.3 is 0 Å². The highest BCUT2D eigenvalue weighted by molar-refractivity contribution is 7.89.